The van der Waals surface area contributed by atoms with Gasteiger partial charge in [-0.2, -0.15) is 4.98 Å². The summed E-state index contributed by atoms with van der Waals surface area (Å²) >= 11 is 1.37. The van der Waals surface area contributed by atoms with Gasteiger partial charge in [0.2, 0.25) is 5.95 Å². The third-order valence-corrected chi connectivity index (χ3v) is 4.59. The van der Waals surface area contributed by atoms with Gasteiger partial charge in [-0.1, -0.05) is 49.9 Å². The minimum absolute atomic E-state index is 0.379. The van der Waals surface area contributed by atoms with E-state index in [-0.39, 0.29) is 0 Å². The SMILES string of the molecule is CC(C)c1ccccc1Nc1n[nH]c(SCc2ccc(F)c(F)c2)n1. The van der Waals surface area contributed by atoms with Gasteiger partial charge in [-0.3, -0.25) is 5.10 Å². The number of hydrogen-bond acceptors (Lipinski definition) is 4. The first kappa shape index (κ1) is 17.4. The maximum absolute atomic E-state index is 13.2. The molecule has 0 aliphatic rings. The van der Waals surface area contributed by atoms with E-state index in [2.05, 4.69) is 40.4 Å². The summed E-state index contributed by atoms with van der Waals surface area (Å²) in [6.07, 6.45) is 0. The van der Waals surface area contributed by atoms with Gasteiger partial charge in [-0.05, 0) is 35.2 Å². The number of H-pyrrole nitrogens is 1. The van der Waals surface area contributed by atoms with Crippen molar-refractivity contribution in [2.45, 2.75) is 30.7 Å². The number of halogens is 2. The fourth-order valence-corrected chi connectivity index (χ4v) is 3.13. The maximum atomic E-state index is 13.2. The lowest BCUT2D eigenvalue weighted by molar-refractivity contribution is 0.507. The fourth-order valence-electron chi connectivity index (χ4n) is 2.38. The molecule has 0 unspecified atom stereocenters. The molecule has 0 bridgehead atoms. The van der Waals surface area contributed by atoms with E-state index < -0.39 is 11.6 Å². The Balaban J connectivity index is 1.65. The first-order valence-corrected chi connectivity index (χ1v) is 8.86. The largest absolute Gasteiger partial charge is 0.323 e. The summed E-state index contributed by atoms with van der Waals surface area (Å²) in [5.74, 6) is -0.369. The van der Waals surface area contributed by atoms with Gasteiger partial charge in [0, 0.05) is 11.4 Å². The molecule has 1 heterocycles. The normalized spacial score (nSPS) is 11.1. The molecule has 0 saturated carbocycles. The molecule has 0 saturated heterocycles. The van der Waals surface area contributed by atoms with Gasteiger partial charge >= 0.3 is 0 Å². The zero-order chi connectivity index (χ0) is 17.8. The molecule has 25 heavy (non-hydrogen) atoms. The lowest BCUT2D eigenvalue weighted by atomic mass is 10.0. The molecule has 0 aliphatic heterocycles. The van der Waals surface area contributed by atoms with Crippen LogP contribution in [-0.2, 0) is 5.75 Å². The van der Waals surface area contributed by atoms with E-state index in [1.54, 1.807) is 6.07 Å². The molecule has 0 amide bonds. The number of thioether (sulfide) groups is 1. The van der Waals surface area contributed by atoms with E-state index in [9.17, 15) is 8.78 Å². The van der Waals surface area contributed by atoms with Gasteiger partial charge in [0.1, 0.15) is 0 Å². The molecule has 0 aliphatic carbocycles. The first-order chi connectivity index (χ1) is 12.0. The van der Waals surface area contributed by atoms with Crippen LogP contribution in [0.3, 0.4) is 0 Å². The van der Waals surface area contributed by atoms with Crippen LogP contribution >= 0.6 is 11.8 Å². The molecule has 1 aromatic heterocycles. The molecule has 0 spiro atoms. The summed E-state index contributed by atoms with van der Waals surface area (Å²) in [5, 5.41) is 10.8. The number of anilines is 2. The van der Waals surface area contributed by atoms with Crippen LogP contribution in [-0.4, -0.2) is 15.2 Å². The molecule has 7 heteroatoms. The van der Waals surface area contributed by atoms with Crippen LogP contribution in [0.5, 0.6) is 0 Å². The highest BCUT2D eigenvalue weighted by molar-refractivity contribution is 7.98. The Bertz CT molecular complexity index is 864. The van der Waals surface area contributed by atoms with E-state index in [1.807, 2.05) is 18.2 Å². The average Bonchev–Trinajstić information content (AvgIpc) is 3.04. The van der Waals surface area contributed by atoms with Gasteiger partial charge < -0.3 is 5.32 Å². The zero-order valence-electron chi connectivity index (χ0n) is 13.9. The molecule has 0 fully saturated rings. The van der Waals surface area contributed by atoms with E-state index in [1.165, 1.54) is 23.4 Å². The predicted molar refractivity (Wildman–Crippen MR) is 96.1 cm³/mol. The Hall–Kier alpha value is -2.41. The smallest absolute Gasteiger partial charge is 0.247 e. The summed E-state index contributed by atoms with van der Waals surface area (Å²) in [6, 6.07) is 11.9. The number of aromatic amines is 1. The van der Waals surface area contributed by atoms with Crippen molar-refractivity contribution < 1.29 is 8.78 Å². The van der Waals surface area contributed by atoms with E-state index in [0.29, 0.717) is 28.3 Å². The maximum Gasteiger partial charge on any atom is 0.247 e. The van der Waals surface area contributed by atoms with Crippen LogP contribution in [0.4, 0.5) is 20.4 Å². The van der Waals surface area contributed by atoms with Crippen molar-refractivity contribution in [3.63, 3.8) is 0 Å². The van der Waals surface area contributed by atoms with Gasteiger partial charge in [-0.15, -0.1) is 5.10 Å². The van der Waals surface area contributed by atoms with Crippen molar-refractivity contribution in [3.8, 4) is 0 Å². The monoisotopic (exact) mass is 360 g/mol. The fraction of sp³-hybridized carbons (Fsp3) is 0.222. The van der Waals surface area contributed by atoms with Gasteiger partial charge in [0.25, 0.3) is 0 Å². The molecule has 130 valence electrons. The average molecular weight is 360 g/mol. The van der Waals surface area contributed by atoms with Crippen LogP contribution < -0.4 is 5.32 Å². The summed E-state index contributed by atoms with van der Waals surface area (Å²) in [5.41, 5.74) is 2.83. The van der Waals surface area contributed by atoms with Crippen molar-refractivity contribution in [2.24, 2.45) is 0 Å². The Labute approximate surface area is 149 Å². The van der Waals surface area contributed by atoms with Crippen molar-refractivity contribution in [1.82, 2.24) is 15.2 Å². The lowest BCUT2D eigenvalue weighted by Crippen LogP contribution is -1.98. The number of nitrogens with one attached hydrogen (secondary N) is 2. The highest BCUT2D eigenvalue weighted by Crippen LogP contribution is 2.27. The number of nitrogens with zero attached hydrogens (tertiary/aromatic N) is 2. The number of benzene rings is 2. The second-order valence-corrected chi connectivity index (χ2v) is 6.83. The Morgan fingerprint density at radius 3 is 2.68 bits per heavy atom. The van der Waals surface area contributed by atoms with E-state index >= 15 is 0 Å². The Morgan fingerprint density at radius 1 is 1.12 bits per heavy atom. The standard InChI is InChI=1S/C18H18F2N4S/c1-11(2)13-5-3-4-6-16(13)21-17-22-18(24-23-17)25-10-12-7-8-14(19)15(20)9-12/h3-9,11H,10H2,1-2H3,(H2,21,22,23,24). The van der Waals surface area contributed by atoms with E-state index in [0.717, 1.165) is 11.8 Å². The topological polar surface area (TPSA) is 53.6 Å². The number of rotatable bonds is 6. The molecule has 0 radical (unpaired) electrons. The predicted octanol–water partition coefficient (Wildman–Crippen LogP) is 5.24. The van der Waals surface area contributed by atoms with E-state index in [4.69, 9.17) is 0 Å². The van der Waals surface area contributed by atoms with Crippen LogP contribution in [0.25, 0.3) is 0 Å². The summed E-state index contributed by atoms with van der Waals surface area (Å²) in [6.45, 7) is 4.25. The lowest BCUT2D eigenvalue weighted by Gasteiger charge is -2.12. The summed E-state index contributed by atoms with van der Waals surface area (Å²) in [4.78, 5) is 4.38. The van der Waals surface area contributed by atoms with Gasteiger partial charge in [0.05, 0.1) is 0 Å². The van der Waals surface area contributed by atoms with Crippen LogP contribution in [0, 0.1) is 11.6 Å². The third kappa shape index (κ3) is 4.36. The quantitative estimate of drug-likeness (QED) is 0.590. The zero-order valence-corrected chi connectivity index (χ0v) is 14.7. The molecular weight excluding hydrogens is 342 g/mol. The van der Waals surface area contributed by atoms with Crippen LogP contribution in [0.15, 0.2) is 47.6 Å². The number of aromatic nitrogens is 3. The molecule has 4 nitrogen and oxygen atoms in total. The van der Waals surface area contributed by atoms with Crippen LogP contribution in [0.1, 0.15) is 30.9 Å². The second kappa shape index (κ2) is 7.65. The number of para-hydroxylation sites is 1. The molecule has 3 aromatic rings. The minimum Gasteiger partial charge on any atom is -0.323 e. The van der Waals surface area contributed by atoms with Gasteiger partial charge in [0.15, 0.2) is 16.8 Å². The minimum atomic E-state index is -0.844. The highest BCUT2D eigenvalue weighted by Gasteiger charge is 2.10. The van der Waals surface area contributed by atoms with Crippen molar-refractivity contribution in [2.75, 3.05) is 5.32 Å². The molecule has 2 aromatic carbocycles. The Kier molecular flexibility index (Phi) is 5.33. The summed E-state index contributed by atoms with van der Waals surface area (Å²) < 4.78 is 26.2. The number of hydrogen-bond donors (Lipinski definition) is 2. The van der Waals surface area contributed by atoms with Crippen molar-refractivity contribution >= 4 is 23.4 Å². The van der Waals surface area contributed by atoms with Crippen LogP contribution in [0.2, 0.25) is 0 Å². The van der Waals surface area contributed by atoms with Gasteiger partial charge in [-0.25, -0.2) is 8.78 Å². The summed E-state index contributed by atoms with van der Waals surface area (Å²) in [7, 11) is 0. The first-order valence-electron chi connectivity index (χ1n) is 7.88. The molecule has 2 N–H and O–H groups in total. The second-order valence-electron chi connectivity index (χ2n) is 5.87. The molecule has 3 rings (SSSR count). The Morgan fingerprint density at radius 2 is 1.92 bits per heavy atom. The van der Waals surface area contributed by atoms with Crippen molar-refractivity contribution in [1.29, 1.82) is 0 Å². The molecule has 0 atom stereocenters. The van der Waals surface area contributed by atoms with Crippen molar-refractivity contribution in [3.05, 3.63) is 65.2 Å². The highest BCUT2D eigenvalue weighted by atomic mass is 32.2. The third-order valence-electron chi connectivity index (χ3n) is 3.65. The molecular formula is C18H18F2N4S.